The Morgan fingerprint density at radius 2 is 1.93 bits per heavy atom. The van der Waals surface area contributed by atoms with Gasteiger partial charge in [-0.15, -0.1) is 0 Å². The zero-order chi connectivity index (χ0) is 20.9. The summed E-state index contributed by atoms with van der Waals surface area (Å²) >= 11 is 0. The predicted octanol–water partition coefficient (Wildman–Crippen LogP) is 2.69. The van der Waals surface area contributed by atoms with Crippen LogP contribution in [0.4, 0.5) is 0 Å². The van der Waals surface area contributed by atoms with Gasteiger partial charge in [0.2, 0.25) is 5.91 Å². The first-order valence-corrected chi connectivity index (χ1v) is 9.65. The van der Waals surface area contributed by atoms with E-state index in [1.807, 2.05) is 60.8 Å². The number of ether oxygens (including phenoxy) is 1. The van der Waals surface area contributed by atoms with Gasteiger partial charge >= 0.3 is 0 Å². The largest absolute Gasteiger partial charge is 0.497 e. The first-order valence-electron chi connectivity index (χ1n) is 9.65. The fourth-order valence-corrected chi connectivity index (χ4v) is 3.35. The molecule has 0 unspecified atom stereocenters. The van der Waals surface area contributed by atoms with Crippen LogP contribution in [0.2, 0.25) is 0 Å². The van der Waals surface area contributed by atoms with Crippen LogP contribution in [-0.2, 0) is 17.9 Å². The highest BCUT2D eigenvalue weighted by atomic mass is 16.5. The summed E-state index contributed by atoms with van der Waals surface area (Å²) in [4.78, 5) is 28.7. The Bertz CT molecular complexity index is 1230. The van der Waals surface area contributed by atoms with E-state index in [0.717, 1.165) is 22.2 Å². The normalized spacial score (nSPS) is 10.8. The highest BCUT2D eigenvalue weighted by Crippen LogP contribution is 2.21. The zero-order valence-electron chi connectivity index (χ0n) is 16.6. The van der Waals surface area contributed by atoms with Gasteiger partial charge in [-0.1, -0.05) is 30.3 Å². The Kier molecular flexibility index (Phi) is 5.61. The van der Waals surface area contributed by atoms with Gasteiger partial charge in [0, 0.05) is 41.9 Å². The van der Waals surface area contributed by atoms with E-state index >= 15 is 0 Å². The quantitative estimate of drug-likeness (QED) is 0.516. The smallest absolute Gasteiger partial charge is 0.269 e. The number of carbonyl (C=O) groups is 1. The number of fused-ring (bicyclic) bond motifs is 1. The third-order valence-electron chi connectivity index (χ3n) is 4.91. The first-order chi connectivity index (χ1) is 14.6. The minimum atomic E-state index is -0.310. The standard InChI is InChI=1S/C23H22N4O3/c1-30-19-7-8-21-18(13-19)9-11-26(21)12-10-24-22(28)16-27-15-20(25-14-23(27)29)17-5-3-2-4-6-17/h2-9,11,13-15H,10,12,16H2,1H3,(H,24,28). The Balaban J connectivity index is 1.38. The predicted molar refractivity (Wildman–Crippen MR) is 115 cm³/mol. The highest BCUT2D eigenvalue weighted by molar-refractivity contribution is 5.81. The van der Waals surface area contributed by atoms with Crippen molar-refractivity contribution >= 4 is 16.8 Å². The van der Waals surface area contributed by atoms with Crippen molar-refractivity contribution in [1.29, 1.82) is 0 Å². The maximum Gasteiger partial charge on any atom is 0.269 e. The van der Waals surface area contributed by atoms with Gasteiger partial charge in [0.1, 0.15) is 12.3 Å². The summed E-state index contributed by atoms with van der Waals surface area (Å²) < 4.78 is 8.70. The van der Waals surface area contributed by atoms with E-state index in [9.17, 15) is 9.59 Å². The van der Waals surface area contributed by atoms with E-state index in [-0.39, 0.29) is 18.0 Å². The zero-order valence-corrected chi connectivity index (χ0v) is 16.6. The molecule has 0 aliphatic rings. The van der Waals surface area contributed by atoms with Crippen molar-refractivity contribution < 1.29 is 9.53 Å². The van der Waals surface area contributed by atoms with Crippen LogP contribution < -0.4 is 15.6 Å². The first kappa shape index (κ1) is 19.4. The lowest BCUT2D eigenvalue weighted by Crippen LogP contribution is -2.33. The molecule has 0 bridgehead atoms. The molecule has 0 atom stereocenters. The van der Waals surface area contributed by atoms with E-state index in [1.165, 1.54) is 10.8 Å². The van der Waals surface area contributed by atoms with Crippen molar-refractivity contribution in [3.05, 3.63) is 83.5 Å². The minimum Gasteiger partial charge on any atom is -0.497 e. The molecule has 1 amide bonds. The number of nitrogens with zero attached hydrogens (tertiary/aromatic N) is 3. The van der Waals surface area contributed by atoms with Crippen molar-refractivity contribution in [2.75, 3.05) is 13.7 Å². The molecule has 2 aromatic carbocycles. The molecule has 0 aliphatic heterocycles. The third-order valence-corrected chi connectivity index (χ3v) is 4.91. The molecule has 7 nitrogen and oxygen atoms in total. The number of rotatable bonds is 7. The second-order valence-electron chi connectivity index (χ2n) is 6.89. The SMILES string of the molecule is COc1ccc2c(ccn2CCNC(=O)Cn2cc(-c3ccccc3)ncc2=O)c1. The van der Waals surface area contributed by atoms with Gasteiger partial charge in [-0.3, -0.25) is 9.59 Å². The van der Waals surface area contributed by atoms with E-state index < -0.39 is 0 Å². The summed E-state index contributed by atoms with van der Waals surface area (Å²) in [5, 5.41) is 3.96. The Morgan fingerprint density at radius 3 is 2.73 bits per heavy atom. The molecule has 0 saturated heterocycles. The molecule has 4 rings (SSSR count). The molecule has 152 valence electrons. The molecular formula is C23H22N4O3. The van der Waals surface area contributed by atoms with Gasteiger partial charge in [-0.05, 0) is 24.3 Å². The second kappa shape index (κ2) is 8.65. The molecule has 0 aliphatic carbocycles. The number of aromatic nitrogens is 3. The molecule has 7 heteroatoms. The fourth-order valence-electron chi connectivity index (χ4n) is 3.35. The average Bonchev–Trinajstić information content (AvgIpc) is 3.18. The molecule has 1 N–H and O–H groups in total. The fraction of sp³-hybridized carbons (Fsp3) is 0.174. The lowest BCUT2D eigenvalue weighted by molar-refractivity contribution is -0.121. The van der Waals surface area contributed by atoms with E-state index in [1.54, 1.807) is 13.3 Å². The molecule has 0 saturated carbocycles. The number of nitrogens with one attached hydrogen (secondary N) is 1. The molecule has 2 heterocycles. The molecule has 0 spiro atoms. The summed E-state index contributed by atoms with van der Waals surface area (Å²) in [7, 11) is 1.64. The van der Waals surface area contributed by atoms with Crippen LogP contribution in [0.25, 0.3) is 22.2 Å². The van der Waals surface area contributed by atoms with Crippen molar-refractivity contribution in [3.63, 3.8) is 0 Å². The number of carbonyl (C=O) groups excluding carboxylic acids is 1. The maximum absolute atomic E-state index is 12.4. The minimum absolute atomic E-state index is 0.0508. The summed E-state index contributed by atoms with van der Waals surface area (Å²) in [6, 6.07) is 17.4. The van der Waals surface area contributed by atoms with Crippen molar-refractivity contribution in [1.82, 2.24) is 19.4 Å². The topological polar surface area (TPSA) is 78.2 Å². The molecule has 0 fully saturated rings. The maximum atomic E-state index is 12.4. The number of benzene rings is 2. The van der Waals surface area contributed by atoms with Crippen molar-refractivity contribution in [3.8, 4) is 17.0 Å². The van der Waals surface area contributed by atoms with Crippen molar-refractivity contribution in [2.45, 2.75) is 13.1 Å². The molecular weight excluding hydrogens is 380 g/mol. The Morgan fingerprint density at radius 1 is 1.10 bits per heavy atom. The van der Waals surface area contributed by atoms with Crippen LogP contribution in [0.3, 0.4) is 0 Å². The van der Waals surface area contributed by atoms with Crippen LogP contribution in [0.5, 0.6) is 5.75 Å². The van der Waals surface area contributed by atoms with E-state index in [0.29, 0.717) is 18.8 Å². The molecule has 0 radical (unpaired) electrons. The van der Waals surface area contributed by atoms with Crippen LogP contribution >= 0.6 is 0 Å². The van der Waals surface area contributed by atoms with Gasteiger partial charge in [0.15, 0.2) is 0 Å². The lowest BCUT2D eigenvalue weighted by atomic mass is 10.2. The number of methoxy groups -OCH3 is 1. The molecule has 4 aromatic rings. The monoisotopic (exact) mass is 402 g/mol. The Labute approximate surface area is 173 Å². The summed E-state index contributed by atoms with van der Waals surface area (Å²) in [6.45, 7) is 1.03. The van der Waals surface area contributed by atoms with Crippen LogP contribution in [0.15, 0.2) is 78.0 Å². The van der Waals surface area contributed by atoms with Gasteiger partial charge < -0.3 is 19.2 Å². The Hall–Kier alpha value is -3.87. The molecule has 2 aromatic heterocycles. The number of amides is 1. The summed E-state index contributed by atoms with van der Waals surface area (Å²) in [5.74, 6) is 0.590. The number of hydrogen-bond acceptors (Lipinski definition) is 4. The highest BCUT2D eigenvalue weighted by Gasteiger charge is 2.08. The van der Waals surface area contributed by atoms with E-state index in [2.05, 4.69) is 14.9 Å². The molecule has 30 heavy (non-hydrogen) atoms. The van der Waals surface area contributed by atoms with Crippen LogP contribution in [-0.4, -0.2) is 33.7 Å². The van der Waals surface area contributed by atoms with Gasteiger partial charge in [0.05, 0.1) is 19.0 Å². The summed E-state index contributed by atoms with van der Waals surface area (Å²) in [6.07, 6.45) is 4.84. The lowest BCUT2D eigenvalue weighted by Gasteiger charge is -2.10. The van der Waals surface area contributed by atoms with Crippen LogP contribution in [0.1, 0.15) is 0 Å². The third kappa shape index (κ3) is 4.25. The van der Waals surface area contributed by atoms with Gasteiger partial charge in [-0.25, -0.2) is 4.98 Å². The van der Waals surface area contributed by atoms with Crippen LogP contribution in [0, 0.1) is 0 Å². The summed E-state index contributed by atoms with van der Waals surface area (Å²) in [5.41, 5.74) is 2.30. The van der Waals surface area contributed by atoms with Gasteiger partial charge in [-0.2, -0.15) is 0 Å². The van der Waals surface area contributed by atoms with Gasteiger partial charge in [0.25, 0.3) is 5.56 Å². The van der Waals surface area contributed by atoms with E-state index in [4.69, 9.17) is 4.74 Å². The number of hydrogen-bond donors (Lipinski definition) is 1. The second-order valence-corrected chi connectivity index (χ2v) is 6.89. The van der Waals surface area contributed by atoms with Crippen molar-refractivity contribution in [2.24, 2.45) is 0 Å². The average molecular weight is 402 g/mol.